The minimum Gasteiger partial charge on any atom is -0.394 e. The standard InChI is InChI=1S/C18H32O14/c19-2-9-11(22)13(24)15(26)17(31-9)29-4-6-1-8(7(21)5-28-6)30-18-16(27)14(25)12(23)10(3-20)32-18/h6-27H,1-5H2/t6?,7?,8?,9?,10?,11-,12-,13?,14?,15?,16?,17+,18+/m1/s1. The molecule has 9 unspecified atom stereocenters. The lowest BCUT2D eigenvalue weighted by atomic mass is 9.98. The van der Waals surface area contributed by atoms with E-state index >= 15 is 0 Å². The van der Waals surface area contributed by atoms with Gasteiger partial charge in [0.05, 0.1) is 38.6 Å². The zero-order valence-electron chi connectivity index (χ0n) is 17.1. The van der Waals surface area contributed by atoms with Gasteiger partial charge in [0, 0.05) is 6.42 Å². The highest BCUT2D eigenvalue weighted by molar-refractivity contribution is 4.91. The molecule has 3 aliphatic rings. The van der Waals surface area contributed by atoms with Crippen molar-refractivity contribution in [1.82, 2.24) is 0 Å². The van der Waals surface area contributed by atoms with Gasteiger partial charge in [0.15, 0.2) is 12.6 Å². The Kier molecular flexibility index (Phi) is 9.15. The van der Waals surface area contributed by atoms with E-state index in [0.717, 1.165) is 0 Å². The Labute approximate surface area is 183 Å². The van der Waals surface area contributed by atoms with Crippen molar-refractivity contribution in [3.05, 3.63) is 0 Å². The molecule has 0 aromatic carbocycles. The Morgan fingerprint density at radius 2 is 1.22 bits per heavy atom. The molecule has 3 aliphatic heterocycles. The van der Waals surface area contributed by atoms with Gasteiger partial charge in [-0.25, -0.2) is 0 Å². The summed E-state index contributed by atoms with van der Waals surface area (Å²) in [5.74, 6) is 0. The van der Waals surface area contributed by atoms with E-state index in [9.17, 15) is 46.0 Å². The van der Waals surface area contributed by atoms with Gasteiger partial charge in [-0.1, -0.05) is 0 Å². The Morgan fingerprint density at radius 3 is 1.78 bits per heavy atom. The van der Waals surface area contributed by atoms with Gasteiger partial charge in [0.25, 0.3) is 0 Å². The summed E-state index contributed by atoms with van der Waals surface area (Å²) in [6, 6.07) is 0. The molecule has 13 atom stereocenters. The molecule has 0 aromatic heterocycles. The van der Waals surface area contributed by atoms with Crippen LogP contribution in [0.25, 0.3) is 0 Å². The van der Waals surface area contributed by atoms with Crippen LogP contribution in [-0.4, -0.2) is 152 Å². The topological polar surface area (TPSA) is 228 Å². The molecule has 0 saturated carbocycles. The van der Waals surface area contributed by atoms with Gasteiger partial charge < -0.3 is 69.6 Å². The molecule has 32 heavy (non-hydrogen) atoms. The summed E-state index contributed by atoms with van der Waals surface area (Å²) in [5.41, 5.74) is 0. The molecule has 3 heterocycles. The van der Waals surface area contributed by atoms with Crippen molar-refractivity contribution >= 4 is 0 Å². The van der Waals surface area contributed by atoms with Crippen molar-refractivity contribution < 1.29 is 69.6 Å². The van der Waals surface area contributed by atoms with Gasteiger partial charge in [-0.05, 0) is 0 Å². The summed E-state index contributed by atoms with van der Waals surface area (Å²) >= 11 is 0. The van der Waals surface area contributed by atoms with Crippen LogP contribution < -0.4 is 0 Å². The summed E-state index contributed by atoms with van der Waals surface area (Å²) in [6.07, 6.45) is -17.3. The second-order valence-electron chi connectivity index (χ2n) is 8.16. The highest BCUT2D eigenvalue weighted by Crippen LogP contribution is 2.28. The fourth-order valence-corrected chi connectivity index (χ4v) is 3.85. The predicted octanol–water partition coefficient (Wildman–Crippen LogP) is -5.86. The molecule has 0 aliphatic carbocycles. The molecule has 0 aromatic rings. The fraction of sp³-hybridized carbons (Fsp3) is 1.00. The molecule has 3 fully saturated rings. The zero-order chi connectivity index (χ0) is 23.6. The van der Waals surface area contributed by atoms with E-state index in [1.165, 1.54) is 0 Å². The Hall–Kier alpha value is -0.560. The van der Waals surface area contributed by atoms with Gasteiger partial charge in [0.2, 0.25) is 0 Å². The summed E-state index contributed by atoms with van der Waals surface area (Å²) < 4.78 is 27.0. The Bertz CT molecular complexity index is 578. The third kappa shape index (κ3) is 5.56. The predicted molar refractivity (Wildman–Crippen MR) is 98.7 cm³/mol. The Balaban J connectivity index is 1.55. The average molecular weight is 472 g/mol. The van der Waals surface area contributed by atoms with Crippen molar-refractivity contribution in [2.75, 3.05) is 26.4 Å². The molecule has 3 rings (SSSR count). The van der Waals surface area contributed by atoms with Crippen LogP contribution >= 0.6 is 0 Å². The third-order valence-corrected chi connectivity index (χ3v) is 5.88. The highest BCUT2D eigenvalue weighted by atomic mass is 16.7. The van der Waals surface area contributed by atoms with Crippen molar-refractivity contribution in [3.63, 3.8) is 0 Å². The number of hydrogen-bond donors (Lipinski definition) is 9. The number of ether oxygens (including phenoxy) is 5. The van der Waals surface area contributed by atoms with Gasteiger partial charge in [-0.2, -0.15) is 0 Å². The van der Waals surface area contributed by atoms with Crippen LogP contribution in [0.1, 0.15) is 6.42 Å². The van der Waals surface area contributed by atoms with E-state index in [1.54, 1.807) is 0 Å². The first kappa shape index (κ1) is 26.1. The molecule has 0 radical (unpaired) electrons. The maximum atomic E-state index is 10.2. The normalized spacial score (nSPS) is 50.3. The Morgan fingerprint density at radius 1 is 0.688 bits per heavy atom. The smallest absolute Gasteiger partial charge is 0.187 e. The second-order valence-corrected chi connectivity index (χ2v) is 8.16. The number of rotatable bonds is 7. The maximum absolute atomic E-state index is 10.2. The first-order chi connectivity index (χ1) is 15.2. The molecule has 9 N–H and O–H groups in total. The van der Waals surface area contributed by atoms with Gasteiger partial charge >= 0.3 is 0 Å². The molecule has 14 nitrogen and oxygen atoms in total. The highest BCUT2D eigenvalue weighted by Gasteiger charge is 2.47. The van der Waals surface area contributed by atoms with Crippen LogP contribution in [0.2, 0.25) is 0 Å². The van der Waals surface area contributed by atoms with E-state index in [0.29, 0.717) is 0 Å². The van der Waals surface area contributed by atoms with E-state index in [1.807, 2.05) is 0 Å². The van der Waals surface area contributed by atoms with Gasteiger partial charge in [-0.15, -0.1) is 0 Å². The number of aliphatic hydroxyl groups excluding tert-OH is 9. The lowest BCUT2D eigenvalue weighted by Gasteiger charge is -2.43. The summed E-state index contributed by atoms with van der Waals surface area (Å²) in [5, 5.41) is 88.2. The van der Waals surface area contributed by atoms with Crippen LogP contribution in [0.4, 0.5) is 0 Å². The van der Waals surface area contributed by atoms with Crippen molar-refractivity contribution in [1.29, 1.82) is 0 Å². The quantitative estimate of drug-likeness (QED) is 0.168. The summed E-state index contributed by atoms with van der Waals surface area (Å²) in [7, 11) is 0. The monoisotopic (exact) mass is 472 g/mol. The minimum absolute atomic E-state index is 0.0353. The number of aliphatic hydroxyl groups is 9. The molecule has 188 valence electrons. The van der Waals surface area contributed by atoms with Gasteiger partial charge in [-0.3, -0.25) is 0 Å². The van der Waals surface area contributed by atoms with Crippen molar-refractivity contribution in [3.8, 4) is 0 Å². The summed E-state index contributed by atoms with van der Waals surface area (Å²) in [4.78, 5) is 0. The molecule has 0 spiro atoms. The molecule has 14 heteroatoms. The van der Waals surface area contributed by atoms with Crippen molar-refractivity contribution in [2.45, 2.75) is 86.1 Å². The van der Waals surface area contributed by atoms with E-state index in [2.05, 4.69) is 0 Å². The molecular weight excluding hydrogens is 440 g/mol. The zero-order valence-corrected chi connectivity index (χ0v) is 17.1. The van der Waals surface area contributed by atoms with Crippen molar-refractivity contribution in [2.24, 2.45) is 0 Å². The average Bonchev–Trinajstić information content (AvgIpc) is 2.79. The first-order valence-corrected chi connectivity index (χ1v) is 10.4. The minimum atomic E-state index is -1.63. The van der Waals surface area contributed by atoms with Crippen LogP contribution in [0.15, 0.2) is 0 Å². The van der Waals surface area contributed by atoms with E-state index in [4.69, 9.17) is 23.7 Å². The fourth-order valence-electron chi connectivity index (χ4n) is 3.85. The maximum Gasteiger partial charge on any atom is 0.187 e. The summed E-state index contributed by atoms with van der Waals surface area (Å²) in [6.45, 7) is -1.59. The molecule has 3 saturated heterocycles. The van der Waals surface area contributed by atoms with Crippen LogP contribution in [0.3, 0.4) is 0 Å². The molecular formula is C18H32O14. The van der Waals surface area contributed by atoms with Crippen LogP contribution in [0.5, 0.6) is 0 Å². The lowest BCUT2D eigenvalue weighted by Crippen LogP contribution is -2.61. The molecule has 0 bridgehead atoms. The molecule has 0 amide bonds. The first-order valence-electron chi connectivity index (χ1n) is 10.4. The van der Waals surface area contributed by atoms with E-state index < -0.39 is 92.9 Å². The second kappa shape index (κ2) is 11.2. The van der Waals surface area contributed by atoms with Gasteiger partial charge in [0.1, 0.15) is 54.9 Å². The lowest BCUT2D eigenvalue weighted by molar-refractivity contribution is -0.328. The SMILES string of the molecule is OCC1O[C@H](OCC2CC(O[C@H]3OC(CO)[C@@H](O)C(O)C3O)C(O)CO2)C(O)C(O)[C@@H]1O. The number of hydrogen-bond acceptors (Lipinski definition) is 14. The van der Waals surface area contributed by atoms with E-state index in [-0.39, 0.29) is 19.6 Å². The van der Waals surface area contributed by atoms with Crippen LogP contribution in [0, 0.1) is 0 Å². The largest absolute Gasteiger partial charge is 0.394 e. The van der Waals surface area contributed by atoms with Crippen LogP contribution in [-0.2, 0) is 23.7 Å². The third-order valence-electron chi connectivity index (χ3n) is 5.88.